The van der Waals surface area contributed by atoms with E-state index in [0.29, 0.717) is 24.3 Å². The molecule has 1 aliphatic rings. The number of nitrogen functional groups attached to an aromatic ring is 1. The zero-order chi connectivity index (χ0) is 15.2. The zero-order valence-electron chi connectivity index (χ0n) is 13.0. The molecule has 1 unspecified atom stereocenters. The number of hydrogen-bond donors (Lipinski definition) is 3. The van der Waals surface area contributed by atoms with Crippen molar-refractivity contribution in [1.82, 2.24) is 19.8 Å². The van der Waals surface area contributed by atoms with E-state index in [4.69, 9.17) is 10.6 Å². The Kier molecular flexibility index (Phi) is 5.68. The third-order valence-electron chi connectivity index (χ3n) is 3.69. The van der Waals surface area contributed by atoms with Gasteiger partial charge in [-0.05, 0) is 14.1 Å². The van der Waals surface area contributed by atoms with Crippen LogP contribution in [0.5, 0.6) is 0 Å². The van der Waals surface area contributed by atoms with Crippen LogP contribution < -0.4 is 16.6 Å². The monoisotopic (exact) mass is 295 g/mol. The van der Waals surface area contributed by atoms with Gasteiger partial charge in [-0.25, -0.2) is 15.8 Å². The average Bonchev–Trinajstić information content (AvgIpc) is 2.48. The number of nitrogens with zero attached hydrogens (tertiary/aromatic N) is 4. The van der Waals surface area contributed by atoms with Crippen molar-refractivity contribution in [2.45, 2.75) is 12.6 Å². The standard InChI is InChI=1S/C13H25N7O/c1-19-4-5-20(2)10(8-19)7-15-11-6-12(18-14)17-13(16-11)9-21-3/h6,10H,4-5,7-9,14H2,1-3H3,(H2,15,16,17,18). The topological polar surface area (TPSA) is 91.6 Å². The molecule has 0 aliphatic carbocycles. The van der Waals surface area contributed by atoms with Crippen LogP contribution in [0.4, 0.5) is 11.6 Å². The van der Waals surface area contributed by atoms with Crippen molar-refractivity contribution in [3.8, 4) is 0 Å². The molecule has 0 amide bonds. The number of hydrogen-bond acceptors (Lipinski definition) is 8. The van der Waals surface area contributed by atoms with Gasteiger partial charge in [-0.15, -0.1) is 0 Å². The maximum Gasteiger partial charge on any atom is 0.158 e. The first-order chi connectivity index (χ1) is 10.1. The Hall–Kier alpha value is -1.48. The molecule has 2 rings (SSSR count). The summed E-state index contributed by atoms with van der Waals surface area (Å²) in [6, 6.07) is 2.25. The molecule has 0 radical (unpaired) electrons. The lowest BCUT2D eigenvalue weighted by molar-refractivity contribution is 0.122. The summed E-state index contributed by atoms with van der Waals surface area (Å²) < 4.78 is 5.07. The number of methoxy groups -OCH3 is 1. The molecule has 21 heavy (non-hydrogen) atoms. The van der Waals surface area contributed by atoms with Gasteiger partial charge in [0.25, 0.3) is 0 Å². The highest BCUT2D eigenvalue weighted by atomic mass is 16.5. The first kappa shape index (κ1) is 15.9. The molecule has 0 bridgehead atoms. The molecule has 0 aromatic carbocycles. The van der Waals surface area contributed by atoms with E-state index >= 15 is 0 Å². The van der Waals surface area contributed by atoms with Crippen LogP contribution in [0.15, 0.2) is 6.07 Å². The molecule has 1 aromatic heterocycles. The Morgan fingerprint density at radius 2 is 2.10 bits per heavy atom. The minimum absolute atomic E-state index is 0.357. The highest BCUT2D eigenvalue weighted by Crippen LogP contribution is 2.12. The lowest BCUT2D eigenvalue weighted by Crippen LogP contribution is -2.52. The Morgan fingerprint density at radius 3 is 2.81 bits per heavy atom. The average molecular weight is 295 g/mol. The molecule has 1 saturated heterocycles. The largest absolute Gasteiger partial charge is 0.377 e. The fourth-order valence-corrected chi connectivity index (χ4v) is 2.40. The van der Waals surface area contributed by atoms with Crippen LogP contribution in [0.3, 0.4) is 0 Å². The van der Waals surface area contributed by atoms with Crippen molar-refractivity contribution in [2.75, 3.05) is 58.1 Å². The molecule has 0 saturated carbocycles. The smallest absolute Gasteiger partial charge is 0.158 e. The highest BCUT2D eigenvalue weighted by Gasteiger charge is 2.21. The summed E-state index contributed by atoms with van der Waals surface area (Å²) in [5, 5.41) is 3.37. The van der Waals surface area contributed by atoms with E-state index < -0.39 is 0 Å². The van der Waals surface area contributed by atoms with E-state index in [1.54, 1.807) is 13.2 Å². The minimum Gasteiger partial charge on any atom is -0.377 e. The van der Waals surface area contributed by atoms with Crippen molar-refractivity contribution < 1.29 is 4.74 Å². The molecule has 1 atom stereocenters. The van der Waals surface area contributed by atoms with Crippen molar-refractivity contribution in [1.29, 1.82) is 0 Å². The highest BCUT2D eigenvalue weighted by molar-refractivity contribution is 5.46. The number of nitrogens with one attached hydrogen (secondary N) is 2. The van der Waals surface area contributed by atoms with Gasteiger partial charge in [0.15, 0.2) is 5.82 Å². The van der Waals surface area contributed by atoms with Gasteiger partial charge in [-0.3, -0.25) is 4.90 Å². The van der Waals surface area contributed by atoms with Gasteiger partial charge < -0.3 is 20.4 Å². The number of anilines is 2. The van der Waals surface area contributed by atoms with Crippen LogP contribution in [-0.2, 0) is 11.3 Å². The number of ether oxygens (including phenoxy) is 1. The van der Waals surface area contributed by atoms with Crippen molar-refractivity contribution >= 4 is 11.6 Å². The number of rotatable bonds is 6. The van der Waals surface area contributed by atoms with Gasteiger partial charge in [0, 0.05) is 45.4 Å². The van der Waals surface area contributed by atoms with Gasteiger partial charge in [0.05, 0.1) is 0 Å². The first-order valence-electron chi connectivity index (χ1n) is 7.08. The number of likely N-dealkylation sites (N-methyl/N-ethyl adjacent to an activating group) is 2. The molecule has 8 heteroatoms. The van der Waals surface area contributed by atoms with Crippen LogP contribution in [0, 0.1) is 0 Å². The van der Waals surface area contributed by atoms with E-state index in [1.807, 2.05) is 0 Å². The number of piperazine rings is 1. The first-order valence-corrected chi connectivity index (χ1v) is 7.08. The van der Waals surface area contributed by atoms with E-state index in [2.05, 4.69) is 44.6 Å². The Morgan fingerprint density at radius 1 is 1.33 bits per heavy atom. The molecule has 1 aromatic rings. The van der Waals surface area contributed by atoms with Crippen molar-refractivity contribution in [2.24, 2.45) is 5.84 Å². The van der Waals surface area contributed by atoms with Crippen LogP contribution in [0.25, 0.3) is 0 Å². The Bertz CT molecular complexity index is 456. The molecule has 1 aliphatic heterocycles. The van der Waals surface area contributed by atoms with Gasteiger partial charge in [-0.1, -0.05) is 0 Å². The second kappa shape index (κ2) is 7.51. The fourth-order valence-electron chi connectivity index (χ4n) is 2.40. The maximum atomic E-state index is 5.44. The summed E-state index contributed by atoms with van der Waals surface area (Å²) in [5.74, 6) is 7.37. The van der Waals surface area contributed by atoms with Crippen LogP contribution in [-0.4, -0.2) is 73.2 Å². The van der Waals surface area contributed by atoms with Crippen LogP contribution >= 0.6 is 0 Å². The SMILES string of the molecule is COCc1nc(NN)cc(NCC2CN(C)CCN2C)n1. The molecular formula is C13H25N7O. The maximum absolute atomic E-state index is 5.44. The van der Waals surface area contributed by atoms with E-state index in [9.17, 15) is 0 Å². The summed E-state index contributed by atoms with van der Waals surface area (Å²) in [7, 11) is 5.92. The summed E-state index contributed by atoms with van der Waals surface area (Å²) in [4.78, 5) is 13.4. The van der Waals surface area contributed by atoms with Crippen molar-refractivity contribution in [3.63, 3.8) is 0 Å². The van der Waals surface area contributed by atoms with E-state index in [0.717, 1.165) is 32.0 Å². The quantitative estimate of drug-likeness (QED) is 0.481. The van der Waals surface area contributed by atoms with Crippen LogP contribution in [0.1, 0.15) is 5.82 Å². The number of hydrazine groups is 1. The Balaban J connectivity index is 1.99. The predicted molar refractivity (Wildman–Crippen MR) is 83.0 cm³/mol. The molecular weight excluding hydrogens is 270 g/mol. The summed E-state index contributed by atoms with van der Waals surface area (Å²) >= 11 is 0. The second-order valence-corrected chi connectivity index (χ2v) is 5.41. The second-order valence-electron chi connectivity index (χ2n) is 5.41. The molecule has 2 heterocycles. The molecule has 0 spiro atoms. The third-order valence-corrected chi connectivity index (χ3v) is 3.69. The minimum atomic E-state index is 0.357. The molecule has 8 nitrogen and oxygen atoms in total. The van der Waals surface area contributed by atoms with Gasteiger partial charge >= 0.3 is 0 Å². The molecule has 118 valence electrons. The fraction of sp³-hybridized carbons (Fsp3) is 0.692. The molecule has 4 N–H and O–H groups in total. The van der Waals surface area contributed by atoms with Crippen LogP contribution in [0.2, 0.25) is 0 Å². The zero-order valence-corrected chi connectivity index (χ0v) is 13.0. The van der Waals surface area contributed by atoms with Gasteiger partial charge in [-0.2, -0.15) is 0 Å². The molecule has 1 fully saturated rings. The third kappa shape index (κ3) is 4.50. The van der Waals surface area contributed by atoms with Gasteiger partial charge in [0.2, 0.25) is 0 Å². The lowest BCUT2D eigenvalue weighted by atomic mass is 10.2. The van der Waals surface area contributed by atoms with Crippen molar-refractivity contribution in [3.05, 3.63) is 11.9 Å². The number of aromatic nitrogens is 2. The summed E-state index contributed by atoms with van der Waals surface area (Å²) in [6.07, 6.45) is 0. The predicted octanol–water partition coefficient (Wildman–Crippen LogP) is -0.434. The lowest BCUT2D eigenvalue weighted by Gasteiger charge is -2.37. The Labute approximate surface area is 125 Å². The van der Waals surface area contributed by atoms with Gasteiger partial charge in [0.1, 0.15) is 18.2 Å². The summed E-state index contributed by atoms with van der Waals surface area (Å²) in [6.45, 7) is 4.42. The summed E-state index contributed by atoms with van der Waals surface area (Å²) in [5.41, 5.74) is 2.55. The van der Waals surface area contributed by atoms with E-state index in [1.165, 1.54) is 0 Å². The normalized spacial score (nSPS) is 20.5. The number of nitrogens with two attached hydrogens (primary N) is 1. The van der Waals surface area contributed by atoms with E-state index in [-0.39, 0.29) is 0 Å².